The lowest BCUT2D eigenvalue weighted by Gasteiger charge is -2.30. The fourth-order valence-electron chi connectivity index (χ4n) is 3.74. The first-order chi connectivity index (χ1) is 9.95. The molecule has 0 aliphatic heterocycles. The molecule has 1 atom stereocenters. The quantitative estimate of drug-likeness (QED) is 0.926. The molecule has 112 valence electrons. The minimum Gasteiger partial charge on any atom is -0.478 e. The maximum absolute atomic E-state index is 11.6. The van der Waals surface area contributed by atoms with Crippen LogP contribution in [0.25, 0.3) is 11.0 Å². The number of benzene rings is 1. The van der Waals surface area contributed by atoms with E-state index in [9.17, 15) is 9.90 Å². The van der Waals surface area contributed by atoms with Crippen LogP contribution in [0.4, 0.5) is 0 Å². The van der Waals surface area contributed by atoms with Crippen LogP contribution >= 0.6 is 0 Å². The van der Waals surface area contributed by atoms with Crippen LogP contribution < -0.4 is 0 Å². The lowest BCUT2D eigenvalue weighted by molar-refractivity contribution is 0.0698. The lowest BCUT2D eigenvalue weighted by atomic mass is 9.87. The Morgan fingerprint density at radius 1 is 1.48 bits per heavy atom. The van der Waals surface area contributed by atoms with Gasteiger partial charge in [0.25, 0.3) is 0 Å². The summed E-state index contributed by atoms with van der Waals surface area (Å²) in [5.41, 5.74) is 2.14. The molecule has 1 saturated carbocycles. The molecular weight excluding hydrogens is 264 g/mol. The largest absolute Gasteiger partial charge is 0.478 e. The van der Waals surface area contributed by atoms with Crippen molar-refractivity contribution in [1.29, 1.82) is 0 Å². The number of rotatable bonds is 3. The second-order valence-electron chi connectivity index (χ2n) is 6.63. The predicted molar refractivity (Wildman–Crippen MR) is 82.7 cm³/mol. The monoisotopic (exact) mass is 286 g/mol. The van der Waals surface area contributed by atoms with Crippen molar-refractivity contribution in [3.05, 3.63) is 29.6 Å². The highest BCUT2D eigenvalue weighted by Crippen LogP contribution is 2.47. The summed E-state index contributed by atoms with van der Waals surface area (Å²) >= 11 is 0. The number of para-hydroxylation sites is 1. The zero-order chi connectivity index (χ0) is 15.2. The highest BCUT2D eigenvalue weighted by molar-refractivity contribution is 6.01. The van der Waals surface area contributed by atoms with Gasteiger partial charge in [-0.25, -0.2) is 9.78 Å². The van der Waals surface area contributed by atoms with Crippen molar-refractivity contribution in [3.63, 3.8) is 0 Å². The highest BCUT2D eigenvalue weighted by atomic mass is 16.4. The standard InChI is InChI=1S/C17H22N2O2/c1-4-14-18-12-8-5-7-11(16(20)21)15(12)19(14)13-9-6-10-17(13,2)3/h5,7-8,13H,4,6,9-10H2,1-3H3,(H,20,21). The SMILES string of the molecule is CCc1nc2cccc(C(=O)O)c2n1C1CCCC1(C)C. The topological polar surface area (TPSA) is 55.1 Å². The minimum absolute atomic E-state index is 0.184. The van der Waals surface area contributed by atoms with E-state index in [0.717, 1.165) is 29.7 Å². The van der Waals surface area contributed by atoms with Gasteiger partial charge in [0.15, 0.2) is 0 Å². The second kappa shape index (κ2) is 4.86. The Balaban J connectivity index is 2.31. The van der Waals surface area contributed by atoms with Crippen molar-refractivity contribution in [2.24, 2.45) is 5.41 Å². The summed E-state index contributed by atoms with van der Waals surface area (Å²) in [5.74, 6) is 0.124. The van der Waals surface area contributed by atoms with E-state index in [-0.39, 0.29) is 5.41 Å². The molecular formula is C17H22N2O2. The van der Waals surface area contributed by atoms with Gasteiger partial charge in [-0.15, -0.1) is 0 Å². The summed E-state index contributed by atoms with van der Waals surface area (Å²) in [6.45, 7) is 6.64. The van der Waals surface area contributed by atoms with Gasteiger partial charge in [0, 0.05) is 12.5 Å². The minimum atomic E-state index is -0.875. The van der Waals surface area contributed by atoms with Gasteiger partial charge in [-0.3, -0.25) is 0 Å². The van der Waals surface area contributed by atoms with E-state index < -0.39 is 5.97 Å². The first kappa shape index (κ1) is 14.1. The van der Waals surface area contributed by atoms with Gasteiger partial charge in [0.05, 0.1) is 16.6 Å². The summed E-state index contributed by atoms with van der Waals surface area (Å²) in [7, 11) is 0. The Morgan fingerprint density at radius 2 is 2.24 bits per heavy atom. The van der Waals surface area contributed by atoms with Gasteiger partial charge in [-0.05, 0) is 30.4 Å². The van der Waals surface area contributed by atoms with Crippen LogP contribution in [0.15, 0.2) is 18.2 Å². The van der Waals surface area contributed by atoms with Crippen LogP contribution in [-0.4, -0.2) is 20.6 Å². The number of carboxylic acid groups (broad SMARTS) is 1. The Bertz CT molecular complexity index is 700. The smallest absolute Gasteiger partial charge is 0.337 e. The molecule has 1 aliphatic rings. The Morgan fingerprint density at radius 3 is 2.81 bits per heavy atom. The Labute approximate surface area is 124 Å². The maximum Gasteiger partial charge on any atom is 0.337 e. The number of aromatic nitrogens is 2. The fourth-order valence-corrected chi connectivity index (χ4v) is 3.74. The summed E-state index contributed by atoms with van der Waals surface area (Å²) in [6, 6.07) is 5.71. The van der Waals surface area contributed by atoms with Crippen molar-refractivity contribution in [2.45, 2.75) is 52.5 Å². The molecule has 3 rings (SSSR count). The molecule has 1 N–H and O–H groups in total. The molecule has 0 bridgehead atoms. The van der Waals surface area contributed by atoms with Crippen molar-refractivity contribution < 1.29 is 9.90 Å². The van der Waals surface area contributed by atoms with Crippen LogP contribution in [-0.2, 0) is 6.42 Å². The van der Waals surface area contributed by atoms with Crippen molar-refractivity contribution >= 4 is 17.0 Å². The summed E-state index contributed by atoms with van der Waals surface area (Å²) < 4.78 is 2.21. The van der Waals surface area contributed by atoms with Crippen LogP contribution in [0.3, 0.4) is 0 Å². The second-order valence-corrected chi connectivity index (χ2v) is 6.63. The van der Waals surface area contributed by atoms with Crippen LogP contribution in [0, 0.1) is 5.41 Å². The third-order valence-electron chi connectivity index (χ3n) is 4.84. The predicted octanol–water partition coefficient (Wildman–Crippen LogP) is 4.05. The van der Waals surface area contributed by atoms with Crippen molar-refractivity contribution in [1.82, 2.24) is 9.55 Å². The lowest BCUT2D eigenvalue weighted by Crippen LogP contribution is -2.23. The van der Waals surface area contributed by atoms with E-state index in [4.69, 9.17) is 0 Å². The van der Waals surface area contributed by atoms with Crippen LogP contribution in [0.2, 0.25) is 0 Å². The number of aryl methyl sites for hydroxylation is 1. The molecule has 2 aromatic rings. The van der Waals surface area contributed by atoms with E-state index in [1.165, 1.54) is 12.8 Å². The molecule has 4 nitrogen and oxygen atoms in total. The number of carbonyl (C=O) groups is 1. The molecule has 1 fully saturated rings. The third-order valence-corrected chi connectivity index (χ3v) is 4.84. The molecule has 0 saturated heterocycles. The molecule has 0 spiro atoms. The van der Waals surface area contributed by atoms with E-state index in [0.29, 0.717) is 11.6 Å². The average Bonchev–Trinajstić information content (AvgIpc) is 2.96. The van der Waals surface area contributed by atoms with Crippen molar-refractivity contribution in [2.75, 3.05) is 0 Å². The average molecular weight is 286 g/mol. The third kappa shape index (κ3) is 2.13. The molecule has 1 aliphatic carbocycles. The molecule has 1 aromatic heterocycles. The molecule has 21 heavy (non-hydrogen) atoms. The number of nitrogens with zero attached hydrogens (tertiary/aromatic N) is 2. The van der Waals surface area contributed by atoms with E-state index >= 15 is 0 Å². The Kier molecular flexibility index (Phi) is 3.27. The van der Waals surface area contributed by atoms with Gasteiger partial charge in [-0.1, -0.05) is 33.3 Å². The van der Waals surface area contributed by atoms with Crippen molar-refractivity contribution in [3.8, 4) is 0 Å². The van der Waals surface area contributed by atoms with Gasteiger partial charge in [0.1, 0.15) is 5.82 Å². The van der Waals surface area contributed by atoms with Crippen LogP contribution in [0.1, 0.15) is 62.3 Å². The zero-order valence-electron chi connectivity index (χ0n) is 12.9. The summed E-state index contributed by atoms with van der Waals surface area (Å²) in [5, 5.41) is 9.52. The maximum atomic E-state index is 11.6. The summed E-state index contributed by atoms with van der Waals surface area (Å²) in [6.07, 6.45) is 4.28. The first-order valence-electron chi connectivity index (χ1n) is 7.69. The fraction of sp³-hybridized carbons (Fsp3) is 0.529. The van der Waals surface area contributed by atoms with E-state index in [2.05, 4.69) is 30.3 Å². The van der Waals surface area contributed by atoms with Crippen LogP contribution in [0.5, 0.6) is 0 Å². The molecule has 1 heterocycles. The first-order valence-corrected chi connectivity index (χ1v) is 7.69. The van der Waals surface area contributed by atoms with Gasteiger partial charge >= 0.3 is 5.97 Å². The number of carboxylic acids is 1. The Hall–Kier alpha value is -1.84. The zero-order valence-corrected chi connectivity index (χ0v) is 12.9. The molecule has 4 heteroatoms. The number of imidazole rings is 1. The number of hydrogen-bond acceptors (Lipinski definition) is 2. The highest BCUT2D eigenvalue weighted by Gasteiger charge is 2.38. The number of hydrogen-bond donors (Lipinski definition) is 1. The van der Waals surface area contributed by atoms with Gasteiger partial charge in [-0.2, -0.15) is 0 Å². The van der Waals surface area contributed by atoms with Gasteiger partial charge < -0.3 is 9.67 Å². The number of fused-ring (bicyclic) bond motifs is 1. The summed E-state index contributed by atoms with van der Waals surface area (Å²) in [4.78, 5) is 16.3. The molecule has 0 amide bonds. The normalized spacial score (nSPS) is 21.0. The molecule has 0 radical (unpaired) electrons. The molecule has 1 aromatic carbocycles. The molecule has 1 unspecified atom stereocenters. The van der Waals surface area contributed by atoms with E-state index in [1.807, 2.05) is 6.07 Å². The number of aromatic carboxylic acids is 1. The van der Waals surface area contributed by atoms with E-state index in [1.54, 1.807) is 12.1 Å². The van der Waals surface area contributed by atoms with Gasteiger partial charge in [0.2, 0.25) is 0 Å².